The Hall–Kier alpha value is -2.19. The number of fused-ring (bicyclic) bond motifs is 1. The van der Waals surface area contributed by atoms with Gasteiger partial charge < -0.3 is 11.1 Å². The fraction of sp³-hybridized carbons (Fsp3) is 0.438. The summed E-state index contributed by atoms with van der Waals surface area (Å²) in [6.07, 6.45) is 2.46. The highest BCUT2D eigenvalue weighted by molar-refractivity contribution is 7.17. The summed E-state index contributed by atoms with van der Waals surface area (Å²) in [4.78, 5) is 27.7. The summed E-state index contributed by atoms with van der Waals surface area (Å²) in [6, 6.07) is 2.07. The van der Waals surface area contributed by atoms with E-state index < -0.39 is 5.91 Å². The van der Waals surface area contributed by atoms with E-state index in [4.69, 9.17) is 5.73 Å². The van der Waals surface area contributed by atoms with Crippen molar-refractivity contribution in [3.8, 4) is 0 Å². The van der Waals surface area contributed by atoms with Crippen LogP contribution in [0, 0.1) is 0 Å². The highest BCUT2D eigenvalue weighted by Crippen LogP contribution is 2.37. The third-order valence-corrected chi connectivity index (χ3v) is 5.37. The molecule has 0 aromatic carbocycles. The Morgan fingerprint density at radius 3 is 2.75 bits per heavy atom. The smallest absolute Gasteiger partial charge is 0.276 e. The van der Waals surface area contributed by atoms with E-state index in [1.165, 1.54) is 11.3 Å². The number of anilines is 1. The second-order valence-electron chi connectivity index (χ2n) is 6.22. The molecule has 128 valence electrons. The minimum absolute atomic E-state index is 0.308. The molecule has 1 aliphatic rings. The molecular formula is C16H21N5O2S. The maximum Gasteiger partial charge on any atom is 0.276 e. The molecule has 0 radical (unpaired) electrons. The van der Waals surface area contributed by atoms with Gasteiger partial charge in [0.05, 0.1) is 5.56 Å². The number of nitrogens with one attached hydrogen (secondary N) is 1. The number of nitrogens with zero attached hydrogens (tertiary/aromatic N) is 3. The Bertz CT molecular complexity index is 792. The molecule has 24 heavy (non-hydrogen) atoms. The quantitative estimate of drug-likeness (QED) is 0.878. The van der Waals surface area contributed by atoms with Crippen LogP contribution < -0.4 is 11.1 Å². The van der Waals surface area contributed by atoms with Crippen LogP contribution in [0.2, 0.25) is 0 Å². The first kappa shape index (κ1) is 16.7. The van der Waals surface area contributed by atoms with E-state index in [9.17, 15) is 9.59 Å². The first-order chi connectivity index (χ1) is 11.4. The fourth-order valence-corrected chi connectivity index (χ4v) is 4.19. The number of hydrogen-bond acceptors (Lipinski definition) is 5. The summed E-state index contributed by atoms with van der Waals surface area (Å²) >= 11 is 1.43. The summed E-state index contributed by atoms with van der Waals surface area (Å²) in [6.45, 7) is 5.96. The Labute approximate surface area is 144 Å². The van der Waals surface area contributed by atoms with Gasteiger partial charge in [0.25, 0.3) is 11.8 Å². The van der Waals surface area contributed by atoms with Crippen LogP contribution in [0.5, 0.6) is 0 Å². The number of amides is 2. The van der Waals surface area contributed by atoms with E-state index >= 15 is 0 Å². The minimum atomic E-state index is -0.498. The van der Waals surface area contributed by atoms with Crippen molar-refractivity contribution in [1.29, 1.82) is 0 Å². The summed E-state index contributed by atoms with van der Waals surface area (Å²) in [7, 11) is 1.75. The first-order valence-corrected chi connectivity index (χ1v) is 8.68. The zero-order chi connectivity index (χ0) is 17.4. The fourth-order valence-electron chi connectivity index (χ4n) is 2.92. The largest absolute Gasteiger partial charge is 0.365 e. The Balaban J connectivity index is 1.91. The molecule has 0 saturated carbocycles. The lowest BCUT2D eigenvalue weighted by Crippen LogP contribution is -2.35. The van der Waals surface area contributed by atoms with Crippen LogP contribution >= 0.6 is 11.3 Å². The summed E-state index contributed by atoms with van der Waals surface area (Å²) in [5, 5.41) is 7.41. The van der Waals surface area contributed by atoms with Gasteiger partial charge in [-0.2, -0.15) is 5.10 Å². The number of hydrogen-bond donors (Lipinski definition) is 2. The molecule has 2 aromatic heterocycles. The number of aryl methyl sites for hydroxylation is 1. The third kappa shape index (κ3) is 3.07. The van der Waals surface area contributed by atoms with Crippen molar-refractivity contribution in [2.75, 3.05) is 11.9 Å². The maximum atomic E-state index is 12.3. The Kier molecular flexibility index (Phi) is 4.42. The molecule has 0 aliphatic carbocycles. The number of rotatable bonds is 4. The molecule has 2 amide bonds. The van der Waals surface area contributed by atoms with Crippen LogP contribution in [-0.4, -0.2) is 39.1 Å². The summed E-state index contributed by atoms with van der Waals surface area (Å²) in [5.41, 5.74) is 7.31. The Morgan fingerprint density at radius 2 is 2.17 bits per heavy atom. The third-order valence-electron chi connectivity index (χ3n) is 4.24. The number of thiophene rings is 1. The average molecular weight is 347 g/mol. The molecule has 0 atom stereocenters. The van der Waals surface area contributed by atoms with Gasteiger partial charge in [-0.1, -0.05) is 0 Å². The molecular weight excluding hydrogens is 326 g/mol. The molecule has 3 N–H and O–H groups in total. The van der Waals surface area contributed by atoms with E-state index in [2.05, 4.69) is 29.2 Å². The van der Waals surface area contributed by atoms with E-state index in [1.54, 1.807) is 24.0 Å². The maximum absolute atomic E-state index is 12.3. The monoisotopic (exact) mass is 347 g/mol. The normalized spacial score (nSPS) is 14.7. The predicted molar refractivity (Wildman–Crippen MR) is 93.2 cm³/mol. The van der Waals surface area contributed by atoms with Gasteiger partial charge >= 0.3 is 0 Å². The van der Waals surface area contributed by atoms with Crippen LogP contribution in [0.4, 0.5) is 5.00 Å². The van der Waals surface area contributed by atoms with Crippen LogP contribution in [0.1, 0.15) is 45.1 Å². The average Bonchev–Trinajstić information content (AvgIpc) is 3.09. The van der Waals surface area contributed by atoms with Gasteiger partial charge in [0.2, 0.25) is 0 Å². The molecule has 3 rings (SSSR count). The molecule has 8 heteroatoms. The minimum Gasteiger partial charge on any atom is -0.365 e. The lowest BCUT2D eigenvalue weighted by molar-refractivity contribution is 0.0999. The molecule has 0 fully saturated rings. The van der Waals surface area contributed by atoms with Gasteiger partial charge in [-0.15, -0.1) is 11.3 Å². The van der Waals surface area contributed by atoms with E-state index in [0.29, 0.717) is 22.3 Å². The van der Waals surface area contributed by atoms with Crippen molar-refractivity contribution >= 4 is 28.2 Å². The second kappa shape index (κ2) is 6.37. The van der Waals surface area contributed by atoms with Gasteiger partial charge in [-0.3, -0.25) is 19.2 Å². The van der Waals surface area contributed by atoms with Crippen LogP contribution in [0.3, 0.4) is 0 Å². The van der Waals surface area contributed by atoms with Gasteiger partial charge in [0.15, 0.2) is 5.69 Å². The molecule has 1 aliphatic heterocycles. The van der Waals surface area contributed by atoms with Gasteiger partial charge in [0, 0.05) is 37.3 Å². The zero-order valence-corrected chi connectivity index (χ0v) is 14.8. The molecule has 3 heterocycles. The molecule has 0 saturated heterocycles. The van der Waals surface area contributed by atoms with Crippen LogP contribution in [0.25, 0.3) is 0 Å². The predicted octanol–water partition coefficient (Wildman–Crippen LogP) is 1.60. The summed E-state index contributed by atoms with van der Waals surface area (Å²) < 4.78 is 1.56. The Morgan fingerprint density at radius 1 is 1.42 bits per heavy atom. The van der Waals surface area contributed by atoms with E-state index in [-0.39, 0.29) is 5.91 Å². The topological polar surface area (TPSA) is 93.2 Å². The number of aromatic nitrogens is 2. The highest BCUT2D eigenvalue weighted by atomic mass is 32.1. The van der Waals surface area contributed by atoms with E-state index in [0.717, 1.165) is 30.0 Å². The lowest BCUT2D eigenvalue weighted by atomic mass is 10.0. The van der Waals surface area contributed by atoms with Crippen LogP contribution in [0.15, 0.2) is 12.3 Å². The van der Waals surface area contributed by atoms with Crippen molar-refractivity contribution in [1.82, 2.24) is 14.7 Å². The van der Waals surface area contributed by atoms with Gasteiger partial charge in [-0.05, 0) is 31.9 Å². The molecule has 0 spiro atoms. The zero-order valence-electron chi connectivity index (χ0n) is 14.0. The SMILES string of the molecule is CC(C)N1CCc2c(sc(NC(=O)c3ccn(C)n3)c2C(N)=O)C1. The summed E-state index contributed by atoms with van der Waals surface area (Å²) in [5.74, 6) is -0.834. The van der Waals surface area contributed by atoms with Crippen molar-refractivity contribution in [3.63, 3.8) is 0 Å². The lowest BCUT2D eigenvalue weighted by Gasteiger charge is -2.30. The van der Waals surface area contributed by atoms with Crippen molar-refractivity contribution < 1.29 is 9.59 Å². The molecule has 2 aromatic rings. The number of nitrogens with two attached hydrogens (primary N) is 1. The first-order valence-electron chi connectivity index (χ1n) is 7.86. The second-order valence-corrected chi connectivity index (χ2v) is 7.32. The molecule has 0 unspecified atom stereocenters. The van der Waals surface area contributed by atoms with Crippen molar-refractivity contribution in [2.24, 2.45) is 12.8 Å². The van der Waals surface area contributed by atoms with Crippen molar-refractivity contribution in [3.05, 3.63) is 34.0 Å². The standard InChI is InChI=1S/C16H21N5O2S/c1-9(2)21-7-4-10-12(8-21)24-16(13(10)14(17)22)18-15(23)11-5-6-20(3)19-11/h5-6,9H,4,7-8H2,1-3H3,(H2,17,22)(H,18,23). The number of primary amides is 1. The van der Waals surface area contributed by atoms with Gasteiger partial charge in [0.1, 0.15) is 5.00 Å². The van der Waals surface area contributed by atoms with Crippen molar-refractivity contribution in [2.45, 2.75) is 32.9 Å². The molecule has 0 bridgehead atoms. The van der Waals surface area contributed by atoms with Gasteiger partial charge in [-0.25, -0.2) is 0 Å². The van der Waals surface area contributed by atoms with Crippen LogP contribution in [-0.2, 0) is 20.0 Å². The van der Waals surface area contributed by atoms with E-state index in [1.807, 2.05) is 0 Å². The highest BCUT2D eigenvalue weighted by Gasteiger charge is 2.28. The number of carbonyl (C=O) groups excluding carboxylic acids is 2. The molecule has 7 nitrogen and oxygen atoms in total. The number of carbonyl (C=O) groups is 2.